The fraction of sp³-hybridized carbons (Fsp3) is 0.938. The normalized spacial score (nSPS) is 28.5. The molecule has 4 heteroatoms. The zero-order chi connectivity index (χ0) is 14.4. The fourth-order valence-corrected chi connectivity index (χ4v) is 3.75. The summed E-state index contributed by atoms with van der Waals surface area (Å²) < 4.78 is 5.01. The van der Waals surface area contributed by atoms with Crippen molar-refractivity contribution in [3.63, 3.8) is 0 Å². The molecule has 20 heavy (non-hydrogen) atoms. The lowest BCUT2D eigenvalue weighted by molar-refractivity contribution is 0.106. The van der Waals surface area contributed by atoms with E-state index < -0.39 is 0 Å². The van der Waals surface area contributed by atoms with Gasteiger partial charge in [0.05, 0.1) is 6.61 Å². The Labute approximate surface area is 123 Å². The van der Waals surface area contributed by atoms with Crippen LogP contribution < -0.4 is 5.32 Å². The van der Waals surface area contributed by atoms with Crippen LogP contribution in [0.25, 0.3) is 0 Å². The first-order valence-electron chi connectivity index (χ1n) is 8.36. The number of hydrogen-bond acceptors (Lipinski definition) is 3. The van der Waals surface area contributed by atoms with Gasteiger partial charge in [0.25, 0.3) is 0 Å². The number of carbonyl (C=O) groups is 1. The number of carbonyl (C=O) groups excluding carboxylic acids is 1. The summed E-state index contributed by atoms with van der Waals surface area (Å²) in [7, 11) is 0. The number of hydrogen-bond donors (Lipinski definition) is 1. The first-order chi connectivity index (χ1) is 9.71. The van der Waals surface area contributed by atoms with Gasteiger partial charge < -0.3 is 15.0 Å². The Morgan fingerprint density at radius 2 is 1.95 bits per heavy atom. The van der Waals surface area contributed by atoms with Crippen LogP contribution in [0, 0.1) is 11.8 Å². The maximum atomic E-state index is 11.6. The minimum atomic E-state index is -0.255. The molecule has 1 saturated heterocycles. The van der Waals surface area contributed by atoms with Crippen molar-refractivity contribution >= 4 is 6.09 Å². The summed E-state index contributed by atoms with van der Waals surface area (Å²) in [6.45, 7) is 7.96. The topological polar surface area (TPSA) is 41.6 Å². The highest BCUT2D eigenvalue weighted by molar-refractivity contribution is 5.67. The van der Waals surface area contributed by atoms with Crippen molar-refractivity contribution in [2.24, 2.45) is 11.8 Å². The molecule has 1 N–H and O–H groups in total. The third-order valence-corrected chi connectivity index (χ3v) is 4.78. The molecular formula is C16H30N2O2. The van der Waals surface area contributed by atoms with Gasteiger partial charge in [0.1, 0.15) is 0 Å². The Morgan fingerprint density at radius 1 is 1.20 bits per heavy atom. The molecule has 2 atom stereocenters. The molecular weight excluding hydrogens is 252 g/mol. The molecule has 1 heterocycles. The molecule has 1 amide bonds. The van der Waals surface area contributed by atoms with Crippen LogP contribution >= 0.6 is 0 Å². The van der Waals surface area contributed by atoms with Crippen molar-refractivity contribution in [2.75, 3.05) is 26.2 Å². The quantitative estimate of drug-likeness (QED) is 0.842. The number of nitrogens with one attached hydrogen (secondary N) is 1. The number of piperidine rings is 1. The van der Waals surface area contributed by atoms with E-state index in [1.807, 2.05) is 6.92 Å². The highest BCUT2D eigenvalue weighted by atomic mass is 16.5. The molecule has 0 aromatic carbocycles. The monoisotopic (exact) mass is 282 g/mol. The van der Waals surface area contributed by atoms with Crippen LogP contribution in [-0.4, -0.2) is 43.3 Å². The predicted molar refractivity (Wildman–Crippen MR) is 80.7 cm³/mol. The maximum Gasteiger partial charge on any atom is 0.407 e. The number of ether oxygens (including phenoxy) is 1. The van der Waals surface area contributed by atoms with E-state index in [0.717, 1.165) is 18.9 Å². The highest BCUT2D eigenvalue weighted by Gasteiger charge is 2.29. The van der Waals surface area contributed by atoms with Crippen molar-refractivity contribution in [3.05, 3.63) is 0 Å². The van der Waals surface area contributed by atoms with E-state index in [4.69, 9.17) is 4.74 Å². The molecule has 2 unspecified atom stereocenters. The molecule has 0 spiro atoms. The zero-order valence-electron chi connectivity index (χ0n) is 13.1. The van der Waals surface area contributed by atoms with E-state index in [9.17, 15) is 4.79 Å². The minimum absolute atomic E-state index is 0.255. The summed E-state index contributed by atoms with van der Waals surface area (Å²) in [6, 6.07) is 0.258. The van der Waals surface area contributed by atoms with Gasteiger partial charge in [-0.05, 0) is 38.0 Å². The average Bonchev–Trinajstić information content (AvgIpc) is 2.91. The van der Waals surface area contributed by atoms with Gasteiger partial charge in [-0.3, -0.25) is 0 Å². The Hall–Kier alpha value is -0.770. The van der Waals surface area contributed by atoms with Gasteiger partial charge in [-0.1, -0.05) is 26.2 Å². The van der Waals surface area contributed by atoms with E-state index in [2.05, 4.69) is 17.1 Å². The number of likely N-dealkylation sites (tertiary alicyclic amines) is 1. The lowest BCUT2D eigenvalue weighted by atomic mass is 9.91. The Bertz CT molecular complexity index is 303. The van der Waals surface area contributed by atoms with Crippen molar-refractivity contribution in [3.8, 4) is 0 Å². The van der Waals surface area contributed by atoms with Gasteiger partial charge >= 0.3 is 6.09 Å². The average molecular weight is 282 g/mol. The van der Waals surface area contributed by atoms with Crippen molar-refractivity contribution in [1.29, 1.82) is 0 Å². The van der Waals surface area contributed by atoms with Crippen LogP contribution in [0.2, 0.25) is 0 Å². The van der Waals surface area contributed by atoms with Gasteiger partial charge in [-0.15, -0.1) is 0 Å². The molecule has 4 nitrogen and oxygen atoms in total. The number of amides is 1. The lowest BCUT2D eigenvalue weighted by Crippen LogP contribution is -2.51. The summed E-state index contributed by atoms with van der Waals surface area (Å²) in [5, 5.41) is 3.04. The van der Waals surface area contributed by atoms with Gasteiger partial charge in [0.15, 0.2) is 0 Å². The number of alkyl carbamates (subject to hydrolysis) is 1. The SMILES string of the molecule is CCOC(=O)NC1CC(CC)CN(CC2CCCC2)C1. The van der Waals surface area contributed by atoms with E-state index in [0.29, 0.717) is 12.5 Å². The molecule has 116 valence electrons. The Balaban J connectivity index is 1.83. The molecule has 1 aliphatic carbocycles. The van der Waals surface area contributed by atoms with Crippen molar-refractivity contribution in [2.45, 2.75) is 58.4 Å². The Morgan fingerprint density at radius 3 is 2.60 bits per heavy atom. The van der Waals surface area contributed by atoms with E-state index in [1.54, 1.807) is 0 Å². The van der Waals surface area contributed by atoms with Crippen LogP contribution in [0.15, 0.2) is 0 Å². The zero-order valence-corrected chi connectivity index (χ0v) is 13.1. The number of nitrogens with zero attached hydrogens (tertiary/aromatic N) is 1. The smallest absolute Gasteiger partial charge is 0.407 e. The van der Waals surface area contributed by atoms with Crippen LogP contribution in [0.1, 0.15) is 52.4 Å². The van der Waals surface area contributed by atoms with Crippen molar-refractivity contribution in [1.82, 2.24) is 10.2 Å². The van der Waals surface area contributed by atoms with Crippen molar-refractivity contribution < 1.29 is 9.53 Å². The highest BCUT2D eigenvalue weighted by Crippen LogP contribution is 2.28. The molecule has 1 saturated carbocycles. The van der Waals surface area contributed by atoms with Gasteiger partial charge in [0, 0.05) is 25.7 Å². The molecule has 1 aliphatic heterocycles. The molecule has 2 aliphatic rings. The van der Waals surface area contributed by atoms with E-state index in [1.165, 1.54) is 45.2 Å². The first-order valence-corrected chi connectivity index (χ1v) is 8.36. The van der Waals surface area contributed by atoms with Gasteiger partial charge in [-0.25, -0.2) is 4.79 Å². The third-order valence-electron chi connectivity index (χ3n) is 4.78. The van der Waals surface area contributed by atoms with E-state index in [-0.39, 0.29) is 12.1 Å². The summed E-state index contributed by atoms with van der Waals surface area (Å²) in [4.78, 5) is 14.2. The maximum absolute atomic E-state index is 11.6. The summed E-state index contributed by atoms with van der Waals surface area (Å²) in [5.41, 5.74) is 0. The second-order valence-corrected chi connectivity index (χ2v) is 6.44. The molecule has 0 aromatic heterocycles. The predicted octanol–water partition coefficient (Wildman–Crippen LogP) is 3.02. The fourth-order valence-electron chi connectivity index (χ4n) is 3.75. The van der Waals surface area contributed by atoms with Crippen LogP contribution in [0.3, 0.4) is 0 Å². The van der Waals surface area contributed by atoms with E-state index >= 15 is 0 Å². The van der Waals surface area contributed by atoms with Crippen LogP contribution in [0.5, 0.6) is 0 Å². The Kier molecular flexibility index (Phi) is 6.14. The number of rotatable bonds is 5. The second kappa shape index (κ2) is 7.87. The molecule has 0 aromatic rings. The molecule has 2 rings (SSSR count). The largest absolute Gasteiger partial charge is 0.450 e. The lowest BCUT2D eigenvalue weighted by Gasteiger charge is -2.38. The molecule has 0 bridgehead atoms. The minimum Gasteiger partial charge on any atom is -0.450 e. The molecule has 0 radical (unpaired) electrons. The first kappa shape index (κ1) is 15.6. The summed E-state index contributed by atoms with van der Waals surface area (Å²) >= 11 is 0. The van der Waals surface area contributed by atoms with Crippen LogP contribution in [0.4, 0.5) is 4.79 Å². The second-order valence-electron chi connectivity index (χ2n) is 6.44. The summed E-state index contributed by atoms with van der Waals surface area (Å²) in [5.74, 6) is 1.59. The summed E-state index contributed by atoms with van der Waals surface area (Å²) in [6.07, 6.45) is 7.63. The van der Waals surface area contributed by atoms with Gasteiger partial charge in [-0.2, -0.15) is 0 Å². The third kappa shape index (κ3) is 4.65. The standard InChI is InChI=1S/C16H30N2O2/c1-3-13-9-15(17-16(19)20-4-2)12-18(10-13)11-14-7-5-6-8-14/h13-15H,3-12H2,1-2H3,(H,17,19). The van der Waals surface area contributed by atoms with Gasteiger partial charge in [0.2, 0.25) is 0 Å². The van der Waals surface area contributed by atoms with Crippen LogP contribution in [-0.2, 0) is 4.74 Å². The molecule has 2 fully saturated rings.